The van der Waals surface area contributed by atoms with Crippen LogP contribution >= 0.6 is 11.8 Å². The molecule has 0 radical (unpaired) electrons. The lowest BCUT2D eigenvalue weighted by atomic mass is 10.2. The van der Waals surface area contributed by atoms with Crippen LogP contribution in [0.2, 0.25) is 0 Å². The molecule has 2 aromatic rings. The van der Waals surface area contributed by atoms with Crippen LogP contribution in [0.5, 0.6) is 0 Å². The third-order valence-electron chi connectivity index (χ3n) is 2.42. The van der Waals surface area contributed by atoms with Crippen LogP contribution < -0.4 is 0 Å². The van der Waals surface area contributed by atoms with E-state index in [1.165, 1.54) is 11.8 Å². The highest BCUT2D eigenvalue weighted by Gasteiger charge is 2.13. The van der Waals surface area contributed by atoms with E-state index in [1.807, 2.05) is 29.8 Å². The molecule has 18 heavy (non-hydrogen) atoms. The summed E-state index contributed by atoms with van der Waals surface area (Å²) in [5.41, 5.74) is 0.409. The number of hydrogen-bond donors (Lipinski definition) is 0. The van der Waals surface area contributed by atoms with Gasteiger partial charge >= 0.3 is 0 Å². The average Bonchev–Trinajstić information content (AvgIpc) is 2.71. The van der Waals surface area contributed by atoms with Gasteiger partial charge in [-0.15, -0.1) is 10.2 Å². The zero-order valence-corrected chi connectivity index (χ0v) is 11.3. The maximum absolute atomic E-state index is 8.80. The van der Waals surface area contributed by atoms with Gasteiger partial charge in [-0.2, -0.15) is 5.26 Å². The largest absolute Gasteiger partial charge is 0.309 e. The monoisotopic (exact) mass is 259 g/mol. The first-order valence-corrected chi connectivity index (χ1v) is 6.37. The number of nitriles is 1. The van der Waals surface area contributed by atoms with Crippen molar-refractivity contribution in [1.29, 1.82) is 5.26 Å². The van der Waals surface area contributed by atoms with E-state index in [2.05, 4.69) is 29.0 Å². The van der Waals surface area contributed by atoms with Gasteiger partial charge in [0.15, 0.2) is 5.16 Å². The Morgan fingerprint density at radius 2 is 2.11 bits per heavy atom. The summed E-state index contributed by atoms with van der Waals surface area (Å²) < 4.78 is 1.95. The fourth-order valence-electron chi connectivity index (χ4n) is 1.55. The minimum absolute atomic E-state index is 0.329. The maximum Gasteiger partial charge on any atom is 0.197 e. The molecule has 0 saturated carbocycles. The van der Waals surface area contributed by atoms with Crippen molar-refractivity contribution in [3.05, 3.63) is 29.7 Å². The van der Waals surface area contributed by atoms with Crippen LogP contribution in [0.25, 0.3) is 0 Å². The Bertz CT molecular complexity index is 597. The molecule has 2 rings (SSSR count). The maximum atomic E-state index is 8.80. The van der Waals surface area contributed by atoms with Crippen LogP contribution in [0.1, 0.15) is 31.3 Å². The summed E-state index contributed by atoms with van der Waals surface area (Å²) in [4.78, 5) is 4.20. The Balaban J connectivity index is 2.26. The lowest BCUT2D eigenvalue weighted by Gasteiger charge is -2.05. The molecule has 0 amide bonds. The standard InChI is InChI=1S/C12H13N5S/c1-8(2)11-15-16-12(17(11)3)18-10-6-4-5-9(7-13)14-10/h4-6,8H,1-3H3. The first-order valence-electron chi connectivity index (χ1n) is 5.56. The Morgan fingerprint density at radius 1 is 1.33 bits per heavy atom. The molecule has 0 aromatic carbocycles. The predicted molar refractivity (Wildman–Crippen MR) is 68.2 cm³/mol. The molecule has 0 bridgehead atoms. The van der Waals surface area contributed by atoms with Gasteiger partial charge in [0.2, 0.25) is 0 Å². The van der Waals surface area contributed by atoms with Crippen molar-refractivity contribution in [2.75, 3.05) is 0 Å². The molecule has 0 saturated heterocycles. The van der Waals surface area contributed by atoms with Crippen molar-refractivity contribution >= 4 is 11.8 Å². The minimum atomic E-state index is 0.329. The van der Waals surface area contributed by atoms with Crippen LogP contribution in [0.15, 0.2) is 28.4 Å². The van der Waals surface area contributed by atoms with E-state index in [0.717, 1.165) is 16.0 Å². The summed E-state index contributed by atoms with van der Waals surface area (Å²) in [5, 5.41) is 18.6. The molecule has 0 aliphatic heterocycles. The zero-order chi connectivity index (χ0) is 13.1. The first-order chi connectivity index (χ1) is 8.61. The van der Waals surface area contributed by atoms with E-state index in [1.54, 1.807) is 6.07 Å². The summed E-state index contributed by atoms with van der Waals surface area (Å²) in [7, 11) is 1.94. The average molecular weight is 259 g/mol. The van der Waals surface area contributed by atoms with Crippen molar-refractivity contribution in [1.82, 2.24) is 19.7 Å². The van der Waals surface area contributed by atoms with E-state index in [-0.39, 0.29) is 0 Å². The summed E-state index contributed by atoms with van der Waals surface area (Å²) in [6.45, 7) is 4.15. The van der Waals surface area contributed by atoms with E-state index >= 15 is 0 Å². The molecule has 5 nitrogen and oxygen atoms in total. The van der Waals surface area contributed by atoms with E-state index in [4.69, 9.17) is 5.26 Å². The number of hydrogen-bond acceptors (Lipinski definition) is 5. The highest BCUT2D eigenvalue weighted by atomic mass is 32.2. The van der Waals surface area contributed by atoms with Gasteiger partial charge in [0.1, 0.15) is 22.6 Å². The molecule has 2 heterocycles. The molecule has 6 heteroatoms. The Hall–Kier alpha value is -1.87. The second-order valence-electron chi connectivity index (χ2n) is 4.13. The summed E-state index contributed by atoms with van der Waals surface area (Å²) >= 11 is 1.41. The smallest absolute Gasteiger partial charge is 0.197 e. The van der Waals surface area contributed by atoms with Gasteiger partial charge in [-0.1, -0.05) is 19.9 Å². The van der Waals surface area contributed by atoms with Crippen molar-refractivity contribution in [2.45, 2.75) is 29.9 Å². The van der Waals surface area contributed by atoms with Gasteiger partial charge < -0.3 is 4.57 Å². The molecule has 0 spiro atoms. The quantitative estimate of drug-likeness (QED) is 0.846. The molecule has 92 valence electrons. The first kappa shape index (κ1) is 12.6. The second kappa shape index (κ2) is 5.19. The van der Waals surface area contributed by atoms with Gasteiger partial charge in [0.05, 0.1) is 0 Å². The summed E-state index contributed by atoms with van der Waals surface area (Å²) in [6, 6.07) is 7.37. The molecule has 0 N–H and O–H groups in total. The second-order valence-corrected chi connectivity index (χ2v) is 5.12. The van der Waals surface area contributed by atoms with Crippen molar-refractivity contribution in [3.8, 4) is 6.07 Å². The fraction of sp³-hybridized carbons (Fsp3) is 0.333. The zero-order valence-electron chi connectivity index (χ0n) is 10.5. The van der Waals surface area contributed by atoms with Gasteiger partial charge in [-0.3, -0.25) is 0 Å². The van der Waals surface area contributed by atoms with E-state index in [0.29, 0.717) is 11.6 Å². The topological polar surface area (TPSA) is 67.4 Å². The van der Waals surface area contributed by atoms with Crippen LogP contribution in [0, 0.1) is 11.3 Å². The SMILES string of the molecule is CC(C)c1nnc(Sc2cccc(C#N)n2)n1C. The van der Waals surface area contributed by atoms with Crippen molar-refractivity contribution in [3.63, 3.8) is 0 Å². The van der Waals surface area contributed by atoms with E-state index < -0.39 is 0 Å². The predicted octanol–water partition coefficient (Wildman–Crippen LogP) is 2.36. The Kier molecular flexibility index (Phi) is 3.63. The van der Waals surface area contributed by atoms with Gasteiger partial charge in [0.25, 0.3) is 0 Å². The highest BCUT2D eigenvalue weighted by molar-refractivity contribution is 7.99. The fourth-order valence-corrected chi connectivity index (χ4v) is 2.34. The van der Waals surface area contributed by atoms with E-state index in [9.17, 15) is 0 Å². The number of rotatable bonds is 3. The normalized spacial score (nSPS) is 10.6. The molecule has 0 fully saturated rings. The Labute approximate surface area is 110 Å². The molecule has 0 aliphatic carbocycles. The number of pyridine rings is 1. The third-order valence-corrected chi connectivity index (χ3v) is 3.39. The van der Waals surface area contributed by atoms with Gasteiger partial charge in [0, 0.05) is 13.0 Å². The highest BCUT2D eigenvalue weighted by Crippen LogP contribution is 2.25. The van der Waals surface area contributed by atoms with Crippen molar-refractivity contribution in [2.24, 2.45) is 7.05 Å². The number of nitrogens with zero attached hydrogens (tertiary/aromatic N) is 5. The molecule has 0 unspecified atom stereocenters. The van der Waals surface area contributed by atoms with Crippen LogP contribution in [-0.4, -0.2) is 19.7 Å². The molecule has 0 atom stereocenters. The van der Waals surface area contributed by atoms with Gasteiger partial charge in [-0.25, -0.2) is 4.98 Å². The molecular formula is C12H13N5S. The van der Waals surface area contributed by atoms with Crippen LogP contribution in [0.4, 0.5) is 0 Å². The summed E-state index contributed by atoms with van der Waals surface area (Å²) in [6.07, 6.45) is 0. The lowest BCUT2D eigenvalue weighted by molar-refractivity contribution is 0.679. The van der Waals surface area contributed by atoms with Crippen LogP contribution in [-0.2, 0) is 7.05 Å². The molecule has 2 aromatic heterocycles. The van der Waals surface area contributed by atoms with Crippen molar-refractivity contribution < 1.29 is 0 Å². The number of aromatic nitrogens is 4. The molecule has 0 aliphatic rings. The molecular weight excluding hydrogens is 246 g/mol. The third kappa shape index (κ3) is 2.51. The minimum Gasteiger partial charge on any atom is -0.309 e. The lowest BCUT2D eigenvalue weighted by Crippen LogP contribution is -2.00. The van der Waals surface area contributed by atoms with Gasteiger partial charge in [-0.05, 0) is 23.9 Å². The Morgan fingerprint density at radius 3 is 2.72 bits per heavy atom. The van der Waals surface area contributed by atoms with Crippen LogP contribution in [0.3, 0.4) is 0 Å². The summed E-state index contributed by atoms with van der Waals surface area (Å²) in [5.74, 6) is 1.27.